The van der Waals surface area contributed by atoms with Gasteiger partial charge in [0.05, 0.1) is 13.2 Å². The molecule has 0 radical (unpaired) electrons. The lowest BCUT2D eigenvalue weighted by Gasteiger charge is -2.21. The maximum atomic E-state index is 12.6. The average Bonchev–Trinajstić information content (AvgIpc) is 3.39. The minimum absolute atomic E-state index is 0.197. The van der Waals surface area contributed by atoms with E-state index in [1.165, 1.54) is 6.08 Å². The number of allylic oxidation sites excluding steroid dienone is 2. The molecule has 0 spiro atoms. The first kappa shape index (κ1) is 27.9. The number of esters is 2. The molecule has 0 bridgehead atoms. The molecule has 36 heavy (non-hydrogen) atoms. The lowest BCUT2D eigenvalue weighted by molar-refractivity contribution is -0.154. The van der Waals surface area contributed by atoms with Gasteiger partial charge in [0.1, 0.15) is 67.6 Å². The number of hydrogen-bond donors (Lipinski definition) is 6. The van der Waals surface area contributed by atoms with E-state index in [9.17, 15) is 40.2 Å². The summed E-state index contributed by atoms with van der Waals surface area (Å²) in [5.41, 5.74) is 0.208. The fourth-order valence-electron chi connectivity index (χ4n) is 3.64. The summed E-state index contributed by atoms with van der Waals surface area (Å²) in [4.78, 5) is 25.3. The highest BCUT2D eigenvalue weighted by molar-refractivity contribution is 6.14. The molecule has 2 aliphatic rings. The number of hydrogen-bond acceptors (Lipinski definition) is 12. The van der Waals surface area contributed by atoms with E-state index in [0.29, 0.717) is 0 Å². The Morgan fingerprint density at radius 1 is 0.861 bits per heavy atom. The minimum Gasteiger partial charge on any atom is -0.459 e. The molecule has 6 N–H and O–H groups in total. The Balaban J connectivity index is 1.64. The Bertz CT molecular complexity index is 884. The molecule has 0 saturated carbocycles. The third kappa shape index (κ3) is 7.18. The number of carbonyl (C=O) groups excluding carboxylic acids is 2. The van der Waals surface area contributed by atoms with Crippen LogP contribution in [0.3, 0.4) is 0 Å². The molecule has 12 nitrogen and oxygen atoms in total. The molecule has 0 amide bonds. The van der Waals surface area contributed by atoms with Crippen molar-refractivity contribution in [2.24, 2.45) is 0 Å². The molecule has 1 aromatic carbocycles. The first-order valence-electron chi connectivity index (χ1n) is 11.3. The zero-order chi connectivity index (χ0) is 26.2. The molecular formula is C24H30O12. The lowest BCUT2D eigenvalue weighted by atomic mass is 10.1. The van der Waals surface area contributed by atoms with Crippen molar-refractivity contribution in [1.82, 2.24) is 0 Å². The topological polar surface area (TPSA) is 192 Å². The molecule has 3 rings (SSSR count). The number of aliphatic hydroxyl groups is 6. The first-order chi connectivity index (χ1) is 17.2. The number of ether oxygens (including phenoxy) is 4. The van der Waals surface area contributed by atoms with Crippen LogP contribution in [0.1, 0.15) is 5.56 Å². The zero-order valence-corrected chi connectivity index (χ0v) is 19.2. The van der Waals surface area contributed by atoms with E-state index in [1.54, 1.807) is 30.3 Å². The Hall–Kier alpha value is -2.68. The number of rotatable bonds is 10. The van der Waals surface area contributed by atoms with E-state index in [2.05, 4.69) is 0 Å². The van der Waals surface area contributed by atoms with Gasteiger partial charge in [-0.05, 0) is 11.6 Å². The summed E-state index contributed by atoms with van der Waals surface area (Å²) in [6, 6.07) is 8.98. The quantitative estimate of drug-likeness (QED) is 0.0648. The van der Waals surface area contributed by atoms with Crippen molar-refractivity contribution in [3.63, 3.8) is 0 Å². The largest absolute Gasteiger partial charge is 0.459 e. The van der Waals surface area contributed by atoms with Crippen LogP contribution in [-0.4, -0.2) is 118 Å². The molecule has 12 heteroatoms. The van der Waals surface area contributed by atoms with E-state index < -0.39 is 79.6 Å². The van der Waals surface area contributed by atoms with Gasteiger partial charge in [0.2, 0.25) is 0 Å². The van der Waals surface area contributed by atoms with E-state index in [4.69, 9.17) is 18.9 Å². The van der Waals surface area contributed by atoms with Crippen molar-refractivity contribution >= 4 is 18.0 Å². The van der Waals surface area contributed by atoms with E-state index in [0.717, 1.165) is 11.6 Å². The van der Waals surface area contributed by atoms with Crippen LogP contribution in [0.25, 0.3) is 6.08 Å². The molecule has 8 atom stereocenters. The summed E-state index contributed by atoms with van der Waals surface area (Å²) in [6.45, 7) is -1.69. The van der Waals surface area contributed by atoms with Crippen molar-refractivity contribution in [3.8, 4) is 0 Å². The van der Waals surface area contributed by atoms with Crippen molar-refractivity contribution in [2.45, 2.75) is 48.8 Å². The van der Waals surface area contributed by atoms with Crippen molar-refractivity contribution in [2.75, 3.05) is 26.4 Å². The van der Waals surface area contributed by atoms with Crippen LogP contribution in [0.4, 0.5) is 0 Å². The molecule has 198 valence electrons. The van der Waals surface area contributed by atoms with Crippen molar-refractivity contribution in [3.05, 3.63) is 53.6 Å². The Morgan fingerprint density at radius 3 is 1.75 bits per heavy atom. The average molecular weight is 510 g/mol. The molecule has 2 heterocycles. The van der Waals surface area contributed by atoms with Gasteiger partial charge in [-0.1, -0.05) is 42.5 Å². The monoisotopic (exact) mass is 510 g/mol. The number of benzene rings is 1. The van der Waals surface area contributed by atoms with Crippen LogP contribution in [0.5, 0.6) is 0 Å². The highest BCUT2D eigenvalue weighted by atomic mass is 16.6. The van der Waals surface area contributed by atoms with Crippen LogP contribution in [0.15, 0.2) is 48.1 Å². The van der Waals surface area contributed by atoms with E-state index in [1.807, 2.05) is 6.07 Å². The van der Waals surface area contributed by atoms with Gasteiger partial charge in [0.15, 0.2) is 0 Å². The summed E-state index contributed by atoms with van der Waals surface area (Å²) in [5, 5.41) is 59.0. The summed E-state index contributed by atoms with van der Waals surface area (Å²) in [5.74, 6) is -2.32. The molecule has 1 aromatic rings. The molecule has 2 aliphatic heterocycles. The number of carbonyl (C=O) groups is 2. The SMILES string of the molecule is O=C(OCC(O)C1OCC(O)C1O)C(=CC=Cc1ccccc1)C(=O)OCC(O)C1OCC(O)C1O. The van der Waals surface area contributed by atoms with Gasteiger partial charge in [0, 0.05) is 0 Å². The first-order valence-corrected chi connectivity index (χ1v) is 11.3. The Kier molecular flexibility index (Phi) is 10.1. The normalized spacial score (nSPS) is 29.6. The summed E-state index contributed by atoms with van der Waals surface area (Å²) in [7, 11) is 0. The smallest absolute Gasteiger partial charge is 0.345 e. The predicted molar refractivity (Wildman–Crippen MR) is 121 cm³/mol. The standard InChI is InChI=1S/C24H30O12/c25-15-9-33-21(19(15)29)17(27)11-35-23(31)14(8-4-7-13-5-2-1-3-6-13)24(32)36-12-18(28)22-20(30)16(26)10-34-22/h1-8,15-22,25-30H,9-12H2. The van der Waals surface area contributed by atoms with Crippen LogP contribution in [-0.2, 0) is 28.5 Å². The van der Waals surface area contributed by atoms with Crippen LogP contribution in [0.2, 0.25) is 0 Å². The highest BCUT2D eigenvalue weighted by Gasteiger charge is 2.41. The molecular weight excluding hydrogens is 480 g/mol. The summed E-state index contributed by atoms with van der Waals surface area (Å²) < 4.78 is 20.2. The predicted octanol–water partition coefficient (Wildman–Crippen LogP) is -2.32. The van der Waals surface area contributed by atoms with Gasteiger partial charge < -0.3 is 49.6 Å². The highest BCUT2D eigenvalue weighted by Crippen LogP contribution is 2.19. The second kappa shape index (κ2) is 13.0. The van der Waals surface area contributed by atoms with E-state index >= 15 is 0 Å². The zero-order valence-electron chi connectivity index (χ0n) is 19.2. The molecule has 2 fully saturated rings. The van der Waals surface area contributed by atoms with Gasteiger partial charge in [-0.25, -0.2) is 9.59 Å². The maximum Gasteiger partial charge on any atom is 0.345 e. The molecule has 0 aliphatic carbocycles. The van der Waals surface area contributed by atoms with Gasteiger partial charge in [-0.2, -0.15) is 0 Å². The molecule has 8 unspecified atom stereocenters. The third-order valence-corrected chi connectivity index (χ3v) is 5.70. The fourth-order valence-corrected chi connectivity index (χ4v) is 3.64. The Morgan fingerprint density at radius 2 is 1.33 bits per heavy atom. The Labute approximate surface area is 206 Å². The summed E-state index contributed by atoms with van der Waals surface area (Å²) >= 11 is 0. The van der Waals surface area contributed by atoms with Gasteiger partial charge in [-0.3, -0.25) is 0 Å². The summed E-state index contributed by atoms with van der Waals surface area (Å²) in [6.07, 6.45) is -6.32. The van der Waals surface area contributed by atoms with Gasteiger partial charge in [-0.15, -0.1) is 0 Å². The second-order valence-corrected chi connectivity index (χ2v) is 8.39. The van der Waals surface area contributed by atoms with Gasteiger partial charge >= 0.3 is 11.9 Å². The van der Waals surface area contributed by atoms with E-state index in [-0.39, 0.29) is 13.2 Å². The minimum atomic E-state index is -1.48. The van der Waals surface area contributed by atoms with Crippen molar-refractivity contribution in [1.29, 1.82) is 0 Å². The molecule has 0 aromatic heterocycles. The second-order valence-electron chi connectivity index (χ2n) is 8.39. The number of aliphatic hydroxyl groups excluding tert-OH is 6. The third-order valence-electron chi connectivity index (χ3n) is 5.70. The van der Waals surface area contributed by atoms with Crippen LogP contribution in [0, 0.1) is 0 Å². The van der Waals surface area contributed by atoms with Gasteiger partial charge in [0.25, 0.3) is 0 Å². The van der Waals surface area contributed by atoms with Crippen LogP contribution < -0.4 is 0 Å². The lowest BCUT2D eigenvalue weighted by Crippen LogP contribution is -2.42. The maximum absolute atomic E-state index is 12.6. The molecule has 2 saturated heterocycles. The van der Waals surface area contributed by atoms with Crippen molar-refractivity contribution < 1.29 is 59.2 Å². The fraction of sp³-hybridized carbons (Fsp3) is 0.500. The van der Waals surface area contributed by atoms with Crippen LogP contribution >= 0.6 is 0 Å².